The summed E-state index contributed by atoms with van der Waals surface area (Å²) in [6, 6.07) is -0.265. The second-order valence-corrected chi connectivity index (χ2v) is 4.48. The van der Waals surface area contributed by atoms with Crippen LogP contribution < -0.4 is 5.32 Å². The van der Waals surface area contributed by atoms with Gasteiger partial charge in [0.25, 0.3) is 0 Å². The number of carbonyl (C=O) groups is 2. The molecule has 2 aliphatic rings. The number of imide groups is 1. The van der Waals surface area contributed by atoms with Crippen LogP contribution in [0.5, 0.6) is 0 Å². The molecule has 2 heterocycles. The van der Waals surface area contributed by atoms with Crippen LogP contribution in [0, 0.1) is 17.8 Å². The van der Waals surface area contributed by atoms with Gasteiger partial charge in [0.05, 0.1) is 12.0 Å². The summed E-state index contributed by atoms with van der Waals surface area (Å²) in [5.41, 5.74) is 0. The maximum absolute atomic E-state index is 11.8. The third-order valence-corrected chi connectivity index (χ3v) is 3.70. The average Bonchev–Trinajstić information content (AvgIpc) is 2.38. The van der Waals surface area contributed by atoms with Crippen LogP contribution in [0.2, 0.25) is 0 Å². The Morgan fingerprint density at radius 1 is 1.29 bits per heavy atom. The molecular formula is C10H16N2O2. The van der Waals surface area contributed by atoms with Crippen molar-refractivity contribution in [1.29, 1.82) is 0 Å². The second kappa shape index (κ2) is 3.05. The molecule has 0 aromatic heterocycles. The zero-order valence-corrected chi connectivity index (χ0v) is 8.78. The van der Waals surface area contributed by atoms with Gasteiger partial charge in [0.1, 0.15) is 0 Å². The summed E-state index contributed by atoms with van der Waals surface area (Å²) in [5, 5.41) is 3.16. The fourth-order valence-corrected chi connectivity index (χ4v) is 2.43. The van der Waals surface area contributed by atoms with E-state index < -0.39 is 0 Å². The van der Waals surface area contributed by atoms with E-state index in [1.54, 1.807) is 7.05 Å². The molecule has 2 rings (SSSR count). The summed E-state index contributed by atoms with van der Waals surface area (Å²) in [6.45, 7) is 5.01. The molecule has 14 heavy (non-hydrogen) atoms. The third-order valence-electron chi connectivity index (χ3n) is 3.70. The Kier molecular flexibility index (Phi) is 2.10. The Morgan fingerprint density at radius 2 is 1.93 bits per heavy atom. The predicted octanol–water partition coefficient (Wildman–Crippen LogP) is -0.155. The van der Waals surface area contributed by atoms with Gasteiger partial charge in [-0.25, -0.2) is 0 Å². The van der Waals surface area contributed by atoms with E-state index in [-0.39, 0.29) is 23.8 Å². The molecule has 4 heteroatoms. The molecule has 2 saturated heterocycles. The van der Waals surface area contributed by atoms with E-state index in [2.05, 4.69) is 19.2 Å². The van der Waals surface area contributed by atoms with Crippen LogP contribution >= 0.6 is 0 Å². The summed E-state index contributed by atoms with van der Waals surface area (Å²) in [7, 11) is 1.57. The lowest BCUT2D eigenvalue weighted by atomic mass is 9.77. The number of likely N-dealkylation sites (tertiary alicyclic amines) is 1. The number of piperidine rings is 1. The van der Waals surface area contributed by atoms with E-state index in [1.807, 2.05) is 0 Å². The summed E-state index contributed by atoms with van der Waals surface area (Å²) in [4.78, 5) is 24.7. The molecule has 1 N–H and O–H groups in total. The zero-order chi connectivity index (χ0) is 10.5. The van der Waals surface area contributed by atoms with Crippen LogP contribution in [0.3, 0.4) is 0 Å². The lowest BCUT2D eigenvalue weighted by Crippen LogP contribution is -2.50. The van der Waals surface area contributed by atoms with Crippen molar-refractivity contribution in [3.8, 4) is 0 Å². The molecule has 2 fully saturated rings. The van der Waals surface area contributed by atoms with Gasteiger partial charge in [-0.05, 0) is 18.4 Å². The highest BCUT2D eigenvalue weighted by Gasteiger charge is 2.51. The van der Waals surface area contributed by atoms with Crippen LogP contribution in [0.25, 0.3) is 0 Å². The van der Waals surface area contributed by atoms with Gasteiger partial charge in [-0.3, -0.25) is 14.5 Å². The maximum Gasteiger partial charge on any atom is 0.246 e. The topological polar surface area (TPSA) is 49.4 Å². The molecule has 0 aliphatic carbocycles. The fourth-order valence-electron chi connectivity index (χ4n) is 2.43. The smallest absolute Gasteiger partial charge is 0.246 e. The minimum Gasteiger partial charge on any atom is -0.305 e. The van der Waals surface area contributed by atoms with E-state index in [4.69, 9.17) is 0 Å². The van der Waals surface area contributed by atoms with Crippen LogP contribution in [-0.2, 0) is 9.59 Å². The second-order valence-electron chi connectivity index (χ2n) is 4.48. The first kappa shape index (κ1) is 9.65. The average molecular weight is 196 g/mol. The standard InChI is InChI=1S/C10H16N2O2/c1-5-4-11-8-7(6(5)2)9(13)12(3)10(8)14/h5-8,11H,4H2,1-3H3. The number of nitrogens with one attached hydrogen (secondary N) is 1. The van der Waals surface area contributed by atoms with Crippen LogP contribution in [0.15, 0.2) is 0 Å². The number of likely N-dealkylation sites (N-methyl/N-ethyl adjacent to an activating group) is 1. The Bertz CT molecular complexity index is 290. The Morgan fingerprint density at radius 3 is 2.57 bits per heavy atom. The molecule has 4 nitrogen and oxygen atoms in total. The number of nitrogens with zero attached hydrogens (tertiary/aromatic N) is 1. The summed E-state index contributed by atoms with van der Waals surface area (Å²) in [6.07, 6.45) is 0. The quantitative estimate of drug-likeness (QED) is 0.548. The van der Waals surface area contributed by atoms with Crippen molar-refractivity contribution < 1.29 is 9.59 Å². The summed E-state index contributed by atoms with van der Waals surface area (Å²) in [5.74, 6) is 0.517. The fraction of sp³-hybridized carbons (Fsp3) is 0.800. The van der Waals surface area contributed by atoms with Gasteiger partial charge in [-0.2, -0.15) is 0 Å². The molecule has 78 valence electrons. The third kappa shape index (κ3) is 1.10. The highest BCUT2D eigenvalue weighted by Crippen LogP contribution is 2.33. The van der Waals surface area contributed by atoms with Crippen molar-refractivity contribution in [3.63, 3.8) is 0 Å². The molecule has 2 aliphatic heterocycles. The molecule has 0 radical (unpaired) electrons. The van der Waals surface area contributed by atoms with Crippen LogP contribution in [0.1, 0.15) is 13.8 Å². The number of rotatable bonds is 0. The number of hydrogen-bond acceptors (Lipinski definition) is 3. The van der Waals surface area contributed by atoms with E-state index >= 15 is 0 Å². The molecular weight excluding hydrogens is 180 g/mol. The molecule has 0 aromatic rings. The Balaban J connectivity index is 2.30. The summed E-state index contributed by atoms with van der Waals surface area (Å²) >= 11 is 0. The van der Waals surface area contributed by atoms with Crippen molar-refractivity contribution in [2.45, 2.75) is 19.9 Å². The molecule has 0 saturated carbocycles. The van der Waals surface area contributed by atoms with Gasteiger partial charge < -0.3 is 5.32 Å². The van der Waals surface area contributed by atoms with E-state index in [0.717, 1.165) is 6.54 Å². The number of carbonyl (C=O) groups excluding carboxylic acids is 2. The maximum atomic E-state index is 11.8. The van der Waals surface area contributed by atoms with Crippen molar-refractivity contribution in [1.82, 2.24) is 10.2 Å². The molecule has 2 amide bonds. The van der Waals surface area contributed by atoms with Gasteiger partial charge in [-0.15, -0.1) is 0 Å². The van der Waals surface area contributed by atoms with Crippen molar-refractivity contribution in [3.05, 3.63) is 0 Å². The molecule has 4 unspecified atom stereocenters. The zero-order valence-electron chi connectivity index (χ0n) is 8.78. The van der Waals surface area contributed by atoms with Gasteiger partial charge in [0, 0.05) is 7.05 Å². The lowest BCUT2D eigenvalue weighted by molar-refractivity contribution is -0.138. The van der Waals surface area contributed by atoms with Gasteiger partial charge in [0.15, 0.2) is 0 Å². The molecule has 0 spiro atoms. The minimum atomic E-state index is -0.265. The first-order chi connectivity index (χ1) is 6.54. The van der Waals surface area contributed by atoms with Gasteiger partial charge >= 0.3 is 0 Å². The first-order valence-electron chi connectivity index (χ1n) is 5.09. The molecule has 4 atom stereocenters. The number of fused-ring (bicyclic) bond motifs is 1. The van der Waals surface area contributed by atoms with Gasteiger partial charge in [-0.1, -0.05) is 13.8 Å². The number of hydrogen-bond donors (Lipinski definition) is 1. The first-order valence-corrected chi connectivity index (χ1v) is 5.09. The highest BCUT2D eigenvalue weighted by molar-refractivity contribution is 6.07. The van der Waals surface area contributed by atoms with Crippen molar-refractivity contribution in [2.24, 2.45) is 17.8 Å². The monoisotopic (exact) mass is 196 g/mol. The molecule has 0 bridgehead atoms. The van der Waals surface area contributed by atoms with Crippen LogP contribution in [-0.4, -0.2) is 36.3 Å². The molecule has 0 aromatic carbocycles. The van der Waals surface area contributed by atoms with E-state index in [9.17, 15) is 9.59 Å². The highest BCUT2D eigenvalue weighted by atomic mass is 16.2. The summed E-state index contributed by atoms with van der Waals surface area (Å²) < 4.78 is 0. The minimum absolute atomic E-state index is 0.0217. The van der Waals surface area contributed by atoms with E-state index in [0.29, 0.717) is 11.8 Å². The number of amides is 2. The normalized spacial score (nSPS) is 42.9. The largest absolute Gasteiger partial charge is 0.305 e. The predicted molar refractivity (Wildman–Crippen MR) is 51.4 cm³/mol. The van der Waals surface area contributed by atoms with Crippen molar-refractivity contribution in [2.75, 3.05) is 13.6 Å². The van der Waals surface area contributed by atoms with E-state index in [1.165, 1.54) is 4.90 Å². The lowest BCUT2D eigenvalue weighted by Gasteiger charge is -2.34. The van der Waals surface area contributed by atoms with Crippen molar-refractivity contribution >= 4 is 11.8 Å². The van der Waals surface area contributed by atoms with Crippen LogP contribution in [0.4, 0.5) is 0 Å². The Hall–Kier alpha value is -0.900. The Labute approximate surface area is 83.6 Å². The van der Waals surface area contributed by atoms with Gasteiger partial charge in [0.2, 0.25) is 11.8 Å². The SMILES string of the molecule is CC1CNC2C(=O)N(C)C(=O)C2C1C.